The summed E-state index contributed by atoms with van der Waals surface area (Å²) < 4.78 is 13.6. The Hall–Kier alpha value is -3.73. The number of nitrogens with zero attached hydrogens (tertiary/aromatic N) is 3. The summed E-state index contributed by atoms with van der Waals surface area (Å²) in [5, 5.41) is 22.2. The van der Waals surface area contributed by atoms with Crippen molar-refractivity contribution in [3.63, 3.8) is 0 Å². The maximum absolute atomic E-state index is 13.6. The molecule has 0 radical (unpaired) electrons. The van der Waals surface area contributed by atoms with Gasteiger partial charge in [-0.1, -0.05) is 42.5 Å². The number of hydrogen-bond acceptors (Lipinski definition) is 4. The molecule has 2 aliphatic rings. The number of halogens is 1. The van der Waals surface area contributed by atoms with Gasteiger partial charge in [0, 0.05) is 36.8 Å². The first-order chi connectivity index (χ1) is 17.6. The second-order valence-electron chi connectivity index (χ2n) is 9.49. The number of aliphatic hydroxyl groups excluding tert-OH is 1. The molecule has 0 unspecified atom stereocenters. The van der Waals surface area contributed by atoms with E-state index in [1.807, 2.05) is 23.1 Å². The highest BCUT2D eigenvalue weighted by Crippen LogP contribution is 2.42. The van der Waals surface area contributed by atoms with Crippen LogP contribution in [0.5, 0.6) is 0 Å². The summed E-state index contributed by atoms with van der Waals surface area (Å²) in [5.41, 5.74) is 4.20. The molecule has 184 valence electrons. The van der Waals surface area contributed by atoms with Gasteiger partial charge in [-0.25, -0.2) is 9.18 Å². The van der Waals surface area contributed by atoms with Gasteiger partial charge in [-0.15, -0.1) is 0 Å². The first kappa shape index (κ1) is 24.0. The summed E-state index contributed by atoms with van der Waals surface area (Å²) >= 11 is 0. The zero-order chi connectivity index (χ0) is 25.1. The topological polar surface area (TPSA) is 79.6 Å². The Morgan fingerprint density at radius 1 is 1.03 bits per heavy atom. The number of fused-ring (bicyclic) bond motifs is 1. The Kier molecular flexibility index (Phi) is 6.99. The molecule has 3 aromatic rings. The predicted molar refractivity (Wildman–Crippen MR) is 137 cm³/mol. The van der Waals surface area contributed by atoms with Gasteiger partial charge in [0.15, 0.2) is 0 Å². The van der Waals surface area contributed by atoms with Crippen molar-refractivity contribution in [1.29, 1.82) is 5.26 Å². The lowest BCUT2D eigenvalue weighted by Crippen LogP contribution is -2.68. The molecule has 0 aromatic heterocycles. The summed E-state index contributed by atoms with van der Waals surface area (Å²) in [6.07, 6.45) is 1.82. The predicted octanol–water partition coefficient (Wildman–Crippen LogP) is 4.82. The molecule has 2 heterocycles. The average Bonchev–Trinajstić information content (AvgIpc) is 2.88. The molecule has 0 saturated carbocycles. The molecule has 3 atom stereocenters. The van der Waals surface area contributed by atoms with Crippen LogP contribution in [0, 0.1) is 17.1 Å². The van der Waals surface area contributed by atoms with Crippen LogP contribution in [0.1, 0.15) is 29.9 Å². The van der Waals surface area contributed by atoms with E-state index in [-0.39, 0.29) is 36.5 Å². The van der Waals surface area contributed by atoms with Crippen molar-refractivity contribution in [2.24, 2.45) is 0 Å². The van der Waals surface area contributed by atoms with Crippen molar-refractivity contribution in [2.45, 2.75) is 30.8 Å². The van der Waals surface area contributed by atoms with Crippen LogP contribution in [-0.2, 0) is 0 Å². The molecule has 0 spiro atoms. The number of hydrogen-bond donors (Lipinski definition) is 2. The maximum Gasteiger partial charge on any atom is 0.321 e. The van der Waals surface area contributed by atoms with Crippen LogP contribution in [-0.4, -0.2) is 59.3 Å². The van der Waals surface area contributed by atoms with Crippen LogP contribution in [0.15, 0.2) is 72.8 Å². The molecule has 0 aliphatic carbocycles. The molecule has 2 N–H and O–H groups in total. The normalized spacial score (nSPS) is 21.9. The molecule has 2 aliphatic heterocycles. The first-order valence-corrected chi connectivity index (χ1v) is 12.4. The van der Waals surface area contributed by atoms with Crippen LogP contribution in [0.3, 0.4) is 0 Å². The number of amides is 2. The number of nitrogens with one attached hydrogen (secondary N) is 1. The molecule has 2 saturated heterocycles. The Bertz CT molecular complexity index is 1270. The van der Waals surface area contributed by atoms with Crippen molar-refractivity contribution < 1.29 is 14.3 Å². The number of benzene rings is 3. The van der Waals surface area contributed by atoms with E-state index in [9.17, 15) is 19.6 Å². The quantitative estimate of drug-likeness (QED) is 0.557. The summed E-state index contributed by atoms with van der Waals surface area (Å²) in [6, 6.07) is 23.8. The Labute approximate surface area is 210 Å². The Balaban J connectivity index is 1.35. The third-order valence-corrected chi connectivity index (χ3v) is 7.35. The summed E-state index contributed by atoms with van der Waals surface area (Å²) in [4.78, 5) is 17.2. The zero-order valence-corrected chi connectivity index (χ0v) is 20.0. The van der Waals surface area contributed by atoms with E-state index in [2.05, 4.69) is 40.6 Å². The second-order valence-corrected chi connectivity index (χ2v) is 9.49. The highest BCUT2D eigenvalue weighted by Gasteiger charge is 2.49. The molecule has 2 fully saturated rings. The molecular formula is C29H29FN4O2. The number of rotatable bonds is 4. The van der Waals surface area contributed by atoms with Crippen LogP contribution >= 0.6 is 0 Å². The molecule has 6 nitrogen and oxygen atoms in total. The number of carbonyl (C=O) groups is 1. The summed E-state index contributed by atoms with van der Waals surface area (Å²) in [7, 11) is 0. The van der Waals surface area contributed by atoms with Crippen LogP contribution in [0.2, 0.25) is 0 Å². The van der Waals surface area contributed by atoms with Crippen LogP contribution in [0.25, 0.3) is 11.1 Å². The molecule has 5 rings (SSSR count). The third kappa shape index (κ3) is 4.83. The van der Waals surface area contributed by atoms with Gasteiger partial charge in [0.1, 0.15) is 5.82 Å². The molecule has 0 bridgehead atoms. The second kappa shape index (κ2) is 10.5. The minimum atomic E-state index is -0.390. The van der Waals surface area contributed by atoms with Crippen LogP contribution in [0.4, 0.5) is 14.9 Å². The standard InChI is InChI=1S/C29H29FN4O2/c30-24-7-4-8-25(16-24)32-29(36)33-13-1-2-14-34-26(18-33)28(27(34)19-35)22-11-9-21(10-12-22)23-6-3-5-20(15-23)17-31/h3-12,15-16,26-28,35H,1-2,13-14,18-19H2,(H,32,36)/t26-,27+,28-/m1/s1. The fourth-order valence-corrected chi connectivity index (χ4v) is 5.56. The van der Waals surface area contributed by atoms with Gasteiger partial charge in [0.25, 0.3) is 0 Å². The summed E-state index contributed by atoms with van der Waals surface area (Å²) in [5.74, 6) is -0.295. The van der Waals surface area contributed by atoms with Gasteiger partial charge >= 0.3 is 6.03 Å². The lowest BCUT2D eigenvalue weighted by molar-refractivity contribution is -0.0585. The number of aliphatic hydroxyl groups is 1. The van der Waals surface area contributed by atoms with E-state index in [4.69, 9.17) is 0 Å². The zero-order valence-electron chi connectivity index (χ0n) is 20.0. The van der Waals surface area contributed by atoms with E-state index in [0.29, 0.717) is 24.3 Å². The van der Waals surface area contributed by atoms with Gasteiger partial charge in [-0.05, 0) is 66.4 Å². The van der Waals surface area contributed by atoms with Crippen molar-refractivity contribution in [1.82, 2.24) is 9.80 Å². The lowest BCUT2D eigenvalue weighted by atomic mass is 9.74. The fourth-order valence-electron chi connectivity index (χ4n) is 5.56. The number of anilines is 1. The minimum absolute atomic E-state index is 0.00833. The van der Waals surface area contributed by atoms with Crippen molar-refractivity contribution >= 4 is 11.7 Å². The monoisotopic (exact) mass is 484 g/mol. The molecule has 3 aromatic carbocycles. The third-order valence-electron chi connectivity index (χ3n) is 7.35. The highest BCUT2D eigenvalue weighted by molar-refractivity contribution is 5.89. The number of carbonyl (C=O) groups excluding carboxylic acids is 1. The fraction of sp³-hybridized carbons (Fsp3) is 0.310. The molecular weight excluding hydrogens is 455 g/mol. The lowest BCUT2D eigenvalue weighted by Gasteiger charge is -2.57. The van der Waals surface area contributed by atoms with Gasteiger partial charge in [-0.3, -0.25) is 4.90 Å². The average molecular weight is 485 g/mol. The van der Waals surface area contributed by atoms with Crippen LogP contribution < -0.4 is 5.32 Å². The largest absolute Gasteiger partial charge is 0.395 e. The minimum Gasteiger partial charge on any atom is -0.395 e. The van der Waals surface area contributed by atoms with Gasteiger partial charge < -0.3 is 15.3 Å². The Morgan fingerprint density at radius 2 is 1.81 bits per heavy atom. The first-order valence-electron chi connectivity index (χ1n) is 12.4. The molecule has 2 amide bonds. The highest BCUT2D eigenvalue weighted by atomic mass is 19.1. The van der Waals surface area contributed by atoms with Crippen molar-refractivity contribution in [2.75, 3.05) is 31.6 Å². The molecule has 7 heteroatoms. The van der Waals surface area contributed by atoms with E-state index in [1.165, 1.54) is 12.1 Å². The van der Waals surface area contributed by atoms with Gasteiger partial charge in [0.05, 0.1) is 18.2 Å². The van der Waals surface area contributed by atoms with Gasteiger partial charge in [-0.2, -0.15) is 5.26 Å². The SMILES string of the molecule is N#Cc1cccc(-c2ccc([C@@H]3[C@H]4CN(C(=O)Nc5cccc(F)c5)CCCCN4[C@H]3CO)cc2)c1. The van der Waals surface area contributed by atoms with E-state index in [0.717, 1.165) is 36.1 Å². The smallest absolute Gasteiger partial charge is 0.321 e. The van der Waals surface area contributed by atoms with E-state index >= 15 is 0 Å². The van der Waals surface area contributed by atoms with E-state index < -0.39 is 0 Å². The number of nitriles is 1. The van der Waals surface area contributed by atoms with Crippen molar-refractivity contribution in [3.05, 3.63) is 89.7 Å². The van der Waals surface area contributed by atoms with E-state index in [1.54, 1.807) is 18.2 Å². The molecule has 36 heavy (non-hydrogen) atoms. The summed E-state index contributed by atoms with van der Waals surface area (Å²) in [6.45, 7) is 2.12. The van der Waals surface area contributed by atoms with Crippen molar-refractivity contribution in [3.8, 4) is 17.2 Å². The maximum atomic E-state index is 13.6. The Morgan fingerprint density at radius 3 is 2.56 bits per heavy atom. The van der Waals surface area contributed by atoms with Gasteiger partial charge in [0.2, 0.25) is 0 Å². The number of urea groups is 1.